The van der Waals surface area contributed by atoms with Crippen LogP contribution in [0.25, 0.3) is 0 Å². The Hall–Kier alpha value is -1.17. The summed E-state index contributed by atoms with van der Waals surface area (Å²) in [6.07, 6.45) is 0. The Morgan fingerprint density at radius 2 is 2.00 bits per heavy atom. The van der Waals surface area contributed by atoms with E-state index in [4.69, 9.17) is 23.2 Å². The van der Waals surface area contributed by atoms with Crippen molar-refractivity contribution < 1.29 is 4.79 Å². The van der Waals surface area contributed by atoms with Crippen LogP contribution in [0.4, 0.5) is 5.82 Å². The summed E-state index contributed by atoms with van der Waals surface area (Å²) in [4.78, 5) is 11.9. The van der Waals surface area contributed by atoms with E-state index in [1.54, 1.807) is 4.68 Å². The molecule has 1 amide bonds. The van der Waals surface area contributed by atoms with Crippen LogP contribution in [0.3, 0.4) is 0 Å². The molecule has 0 aliphatic carbocycles. The van der Waals surface area contributed by atoms with E-state index in [-0.39, 0.29) is 11.2 Å². The van der Waals surface area contributed by atoms with Crippen molar-refractivity contribution in [3.05, 3.63) is 45.1 Å². The monoisotopic (exact) mass is 341 g/mol. The minimum atomic E-state index is -0.117. The Balaban J connectivity index is 2.22. The third-order valence-electron chi connectivity index (χ3n) is 3.43. The maximum Gasteiger partial charge on any atom is 0.235 e. The molecule has 21 heavy (non-hydrogen) atoms. The number of hydrogen-bond acceptors (Lipinski definition) is 3. The van der Waals surface area contributed by atoms with E-state index in [9.17, 15) is 4.79 Å². The van der Waals surface area contributed by atoms with Crippen LogP contribution in [0.2, 0.25) is 10.0 Å². The number of benzene rings is 1. The number of nitrogens with one attached hydrogen (secondary N) is 1. The summed E-state index contributed by atoms with van der Waals surface area (Å²) >= 11 is 14.2. The summed E-state index contributed by atoms with van der Waals surface area (Å²) in [5, 5.41) is 8.40. The summed E-state index contributed by atoms with van der Waals surface area (Å²) < 4.78 is 1.69. The van der Waals surface area contributed by atoms with Crippen molar-refractivity contribution >= 4 is 46.7 Å². The second-order valence-corrected chi connectivity index (χ2v) is 6.75. The van der Waals surface area contributed by atoms with E-state index in [0.717, 1.165) is 16.8 Å². The average Bonchev–Trinajstić information content (AvgIpc) is 2.59. The topological polar surface area (TPSA) is 46.9 Å². The Labute approximate surface area is 136 Å². The minimum absolute atomic E-state index is 0.0464. The molecule has 0 saturated heterocycles. The number of nitrogens with zero attached hydrogens (tertiary/aromatic N) is 2. The molecule has 4 nitrogen and oxygen atoms in total. The van der Waals surface area contributed by atoms with Crippen molar-refractivity contribution in [2.75, 3.05) is 11.1 Å². The molecule has 2 aromatic rings. The lowest BCUT2D eigenvalue weighted by molar-refractivity contribution is -0.113. The van der Waals surface area contributed by atoms with Gasteiger partial charge < -0.3 is 5.32 Å². The number of carbonyl (C=O) groups excluding carboxylic acids is 1. The van der Waals surface area contributed by atoms with Gasteiger partial charge in [0.15, 0.2) is 0 Å². The van der Waals surface area contributed by atoms with Crippen LogP contribution in [-0.2, 0) is 11.8 Å². The fourth-order valence-electron chi connectivity index (χ4n) is 2.54. The molecular weight excluding hydrogens is 329 g/mol. The average molecular weight is 342 g/mol. The van der Waals surface area contributed by atoms with Crippen molar-refractivity contribution in [3.63, 3.8) is 0 Å². The lowest BCUT2D eigenvalue weighted by Gasteiger charge is -2.18. The van der Waals surface area contributed by atoms with Gasteiger partial charge in [0.2, 0.25) is 5.91 Å². The summed E-state index contributed by atoms with van der Waals surface area (Å²) in [6.45, 7) is 1.93. The highest BCUT2D eigenvalue weighted by atomic mass is 35.5. The molecule has 3 rings (SSSR count). The molecule has 0 spiro atoms. The van der Waals surface area contributed by atoms with Crippen molar-refractivity contribution in [2.24, 2.45) is 7.05 Å². The maximum atomic E-state index is 11.9. The van der Waals surface area contributed by atoms with Gasteiger partial charge in [-0.2, -0.15) is 5.10 Å². The standard InChI is InChI=1S/C14H13Cl2N3OS/c1-7-11-13(12-8(15)4-3-5-9(12)16)21-6-10(20)17-14(11)19(2)18-7/h3-5,13H,6H2,1-2H3,(H,17,20)/t13-/m1/s1. The van der Waals surface area contributed by atoms with Gasteiger partial charge in [0.05, 0.1) is 16.7 Å². The highest BCUT2D eigenvalue weighted by Crippen LogP contribution is 2.47. The molecule has 1 aliphatic rings. The second kappa shape index (κ2) is 5.55. The van der Waals surface area contributed by atoms with Gasteiger partial charge in [-0.05, 0) is 19.1 Å². The van der Waals surface area contributed by atoms with E-state index >= 15 is 0 Å². The first kappa shape index (κ1) is 14.8. The number of aryl methyl sites for hydroxylation is 2. The van der Waals surface area contributed by atoms with Crippen LogP contribution in [0.1, 0.15) is 22.1 Å². The lowest BCUT2D eigenvalue weighted by Crippen LogP contribution is -2.15. The molecule has 0 saturated carbocycles. The number of aromatic nitrogens is 2. The first-order valence-corrected chi connectivity index (χ1v) is 8.18. The molecule has 7 heteroatoms. The number of thioether (sulfide) groups is 1. The summed E-state index contributed by atoms with van der Waals surface area (Å²) in [5.41, 5.74) is 2.66. The Bertz CT molecular complexity index is 709. The zero-order valence-corrected chi connectivity index (χ0v) is 13.8. The van der Waals surface area contributed by atoms with Gasteiger partial charge in [-0.15, -0.1) is 11.8 Å². The maximum absolute atomic E-state index is 11.9. The smallest absolute Gasteiger partial charge is 0.235 e. The first-order chi connectivity index (χ1) is 9.99. The number of carbonyl (C=O) groups is 1. The van der Waals surface area contributed by atoms with Crippen LogP contribution in [0, 0.1) is 6.92 Å². The van der Waals surface area contributed by atoms with Crippen molar-refractivity contribution in [1.29, 1.82) is 0 Å². The van der Waals surface area contributed by atoms with Crippen molar-refractivity contribution in [1.82, 2.24) is 9.78 Å². The van der Waals surface area contributed by atoms with Crippen LogP contribution in [0.5, 0.6) is 0 Å². The van der Waals surface area contributed by atoms with Crippen LogP contribution in [-0.4, -0.2) is 21.4 Å². The van der Waals surface area contributed by atoms with Gasteiger partial charge in [0, 0.05) is 28.2 Å². The predicted molar refractivity (Wildman–Crippen MR) is 87.3 cm³/mol. The van der Waals surface area contributed by atoms with E-state index < -0.39 is 0 Å². The van der Waals surface area contributed by atoms with Gasteiger partial charge in [0.25, 0.3) is 0 Å². The largest absolute Gasteiger partial charge is 0.310 e. The zero-order valence-electron chi connectivity index (χ0n) is 11.5. The zero-order chi connectivity index (χ0) is 15.1. The van der Waals surface area contributed by atoms with Gasteiger partial charge >= 0.3 is 0 Å². The van der Waals surface area contributed by atoms with Crippen LogP contribution < -0.4 is 5.32 Å². The Kier molecular flexibility index (Phi) is 3.90. The molecule has 1 atom stereocenters. The fourth-order valence-corrected chi connectivity index (χ4v) is 4.54. The lowest BCUT2D eigenvalue weighted by atomic mass is 10.0. The number of amides is 1. The third-order valence-corrected chi connectivity index (χ3v) is 5.32. The summed E-state index contributed by atoms with van der Waals surface area (Å²) in [7, 11) is 1.81. The normalized spacial score (nSPS) is 18.1. The van der Waals surface area contributed by atoms with Crippen molar-refractivity contribution in [2.45, 2.75) is 12.2 Å². The third kappa shape index (κ3) is 2.54. The number of rotatable bonds is 1. The molecule has 1 aromatic carbocycles. The molecule has 0 unspecified atom stereocenters. The molecule has 1 N–H and O–H groups in total. The quantitative estimate of drug-likeness (QED) is 0.857. The van der Waals surface area contributed by atoms with E-state index in [1.807, 2.05) is 32.2 Å². The molecular formula is C14H13Cl2N3OS. The number of halogens is 2. The van der Waals surface area contributed by atoms with E-state index in [0.29, 0.717) is 21.6 Å². The molecule has 0 bridgehead atoms. The molecule has 110 valence electrons. The first-order valence-electron chi connectivity index (χ1n) is 6.38. The van der Waals surface area contributed by atoms with Gasteiger partial charge in [-0.3, -0.25) is 9.48 Å². The van der Waals surface area contributed by atoms with Gasteiger partial charge in [-0.1, -0.05) is 29.3 Å². The van der Waals surface area contributed by atoms with Crippen LogP contribution in [0.15, 0.2) is 18.2 Å². The highest BCUT2D eigenvalue weighted by Gasteiger charge is 2.31. The number of fused-ring (bicyclic) bond motifs is 1. The predicted octanol–water partition coefficient (Wildman–Crippen LogP) is 3.81. The minimum Gasteiger partial charge on any atom is -0.310 e. The fraction of sp³-hybridized carbons (Fsp3) is 0.286. The molecule has 1 aromatic heterocycles. The molecule has 2 heterocycles. The Morgan fingerprint density at radius 1 is 1.33 bits per heavy atom. The van der Waals surface area contributed by atoms with E-state index in [1.165, 1.54) is 11.8 Å². The number of hydrogen-bond donors (Lipinski definition) is 1. The van der Waals surface area contributed by atoms with Crippen LogP contribution >= 0.6 is 35.0 Å². The SMILES string of the molecule is Cc1nn(C)c2c1[C@H](c1c(Cl)cccc1Cl)SCC(=O)N2. The van der Waals surface area contributed by atoms with E-state index in [2.05, 4.69) is 10.4 Å². The summed E-state index contributed by atoms with van der Waals surface area (Å²) in [6, 6.07) is 5.44. The van der Waals surface area contributed by atoms with Gasteiger partial charge in [0.1, 0.15) is 5.82 Å². The molecule has 0 radical (unpaired) electrons. The Morgan fingerprint density at radius 3 is 2.67 bits per heavy atom. The molecule has 1 aliphatic heterocycles. The second-order valence-electron chi connectivity index (χ2n) is 4.85. The van der Waals surface area contributed by atoms with Crippen molar-refractivity contribution in [3.8, 4) is 0 Å². The number of anilines is 1. The summed E-state index contributed by atoms with van der Waals surface area (Å²) in [5.74, 6) is 1.01. The van der Waals surface area contributed by atoms with Gasteiger partial charge in [-0.25, -0.2) is 0 Å². The molecule has 0 fully saturated rings. The highest BCUT2D eigenvalue weighted by molar-refractivity contribution is 8.00.